The van der Waals surface area contributed by atoms with Crippen molar-refractivity contribution in [2.24, 2.45) is 0 Å². The van der Waals surface area contributed by atoms with Gasteiger partial charge in [-0.05, 0) is 12.3 Å². The first-order chi connectivity index (χ1) is 8.26. The summed E-state index contributed by atoms with van der Waals surface area (Å²) in [4.78, 5) is 0. The van der Waals surface area contributed by atoms with Gasteiger partial charge in [0, 0.05) is 11.6 Å². The van der Waals surface area contributed by atoms with Gasteiger partial charge in [0.05, 0.1) is 6.61 Å². The highest BCUT2D eigenvalue weighted by molar-refractivity contribution is 5.40. The predicted molar refractivity (Wildman–Crippen MR) is 69.2 cm³/mol. The summed E-state index contributed by atoms with van der Waals surface area (Å²) in [6.45, 7) is 9.67. The summed E-state index contributed by atoms with van der Waals surface area (Å²) in [5.41, 5.74) is 1.20. The van der Waals surface area contributed by atoms with Gasteiger partial charge in [-0.1, -0.05) is 50.6 Å². The number of rotatable bonds is 3. The van der Waals surface area contributed by atoms with Gasteiger partial charge < -0.3 is 9.63 Å². The van der Waals surface area contributed by atoms with Crippen molar-refractivity contribution < 1.29 is 9.63 Å². The lowest BCUT2D eigenvalue weighted by molar-refractivity contribution is 0.266. The van der Waals surface area contributed by atoms with E-state index in [9.17, 15) is 0 Å². The molecule has 0 aliphatic carbocycles. The molecule has 0 aromatic carbocycles. The molecule has 1 heterocycles. The molecule has 0 atom stereocenters. The topological polar surface area (TPSA) is 46.3 Å². The Morgan fingerprint density at radius 3 is 2.82 bits per heavy atom. The van der Waals surface area contributed by atoms with Gasteiger partial charge >= 0.3 is 0 Å². The summed E-state index contributed by atoms with van der Waals surface area (Å²) in [6, 6.07) is 1.60. The smallest absolute Gasteiger partial charge is 0.210 e. The quantitative estimate of drug-likeness (QED) is 0.644. The molecule has 0 fully saturated rings. The van der Waals surface area contributed by atoms with Gasteiger partial charge in [-0.25, -0.2) is 0 Å². The summed E-state index contributed by atoms with van der Waals surface area (Å²) >= 11 is 0. The van der Waals surface area contributed by atoms with Crippen LogP contribution in [0.5, 0.6) is 0 Å². The van der Waals surface area contributed by atoms with Gasteiger partial charge in [0.25, 0.3) is 0 Å². The van der Waals surface area contributed by atoms with Crippen LogP contribution in [0.4, 0.5) is 0 Å². The molecule has 0 spiro atoms. The van der Waals surface area contributed by atoms with E-state index in [4.69, 9.17) is 9.63 Å². The molecule has 3 heteroatoms. The minimum Gasteiger partial charge on any atom is -0.390 e. The van der Waals surface area contributed by atoms with E-state index in [1.165, 1.54) is 0 Å². The molecule has 1 aromatic heterocycles. The van der Waals surface area contributed by atoms with Crippen molar-refractivity contribution in [3.8, 4) is 11.8 Å². The number of hydrogen-bond donors (Lipinski definition) is 1. The van der Waals surface area contributed by atoms with Crippen molar-refractivity contribution in [1.29, 1.82) is 0 Å². The molecule has 0 unspecified atom stereocenters. The number of hydrogen-bond acceptors (Lipinski definition) is 3. The first kappa shape index (κ1) is 15.2. The van der Waals surface area contributed by atoms with Crippen molar-refractivity contribution in [2.75, 3.05) is 0 Å². The first-order valence-electron chi connectivity index (χ1n) is 5.70. The van der Waals surface area contributed by atoms with Crippen molar-refractivity contribution >= 4 is 0 Å². The fraction of sp³-hybridized carbons (Fsp3) is 0.357. The molecule has 0 aliphatic rings. The van der Waals surface area contributed by atoms with E-state index in [-0.39, 0.29) is 6.61 Å². The second-order valence-electron chi connectivity index (χ2n) is 2.93. The molecule has 0 saturated carbocycles. The highest BCUT2D eigenvalue weighted by Gasteiger charge is 1.98. The van der Waals surface area contributed by atoms with Gasteiger partial charge in [0.15, 0.2) is 0 Å². The molecule has 0 aliphatic heterocycles. The van der Waals surface area contributed by atoms with E-state index in [0.29, 0.717) is 11.5 Å². The van der Waals surface area contributed by atoms with Crippen LogP contribution in [-0.2, 0) is 6.61 Å². The van der Waals surface area contributed by atoms with Crippen LogP contribution >= 0.6 is 0 Å². The van der Waals surface area contributed by atoms with Gasteiger partial charge in [-0.3, -0.25) is 0 Å². The fourth-order valence-electron chi connectivity index (χ4n) is 0.889. The summed E-state index contributed by atoms with van der Waals surface area (Å²) in [5, 5.41) is 12.3. The highest BCUT2D eigenvalue weighted by Crippen LogP contribution is 2.02. The molecule has 17 heavy (non-hydrogen) atoms. The van der Waals surface area contributed by atoms with Crippen LogP contribution < -0.4 is 0 Å². The molecule has 0 saturated heterocycles. The lowest BCUT2D eigenvalue weighted by atomic mass is 10.2. The van der Waals surface area contributed by atoms with Crippen LogP contribution in [-0.4, -0.2) is 10.3 Å². The van der Waals surface area contributed by atoms with Crippen molar-refractivity contribution in [2.45, 2.75) is 33.8 Å². The lowest BCUT2D eigenvalue weighted by Crippen LogP contribution is -1.78. The number of aliphatic hydroxyl groups is 1. The first-order valence-corrected chi connectivity index (χ1v) is 5.70. The second-order valence-corrected chi connectivity index (χ2v) is 2.93. The molecule has 0 amide bonds. The number of nitrogens with zero attached hydrogens (tertiary/aromatic N) is 1. The SMILES string of the molecule is C=C(C#Cc1cc(CO)no1)/C=C\CC.CC. The van der Waals surface area contributed by atoms with Crippen LogP contribution in [0, 0.1) is 11.8 Å². The maximum atomic E-state index is 8.75. The van der Waals surface area contributed by atoms with Crippen molar-refractivity contribution in [3.63, 3.8) is 0 Å². The standard InChI is InChI=1S/C12H13NO2.C2H6/c1-3-4-5-10(2)6-7-12-8-11(9-14)13-15-12;1-2/h4-5,8,14H,2-3,9H2,1H3;1-2H3/b5-4-;. The summed E-state index contributed by atoms with van der Waals surface area (Å²) < 4.78 is 4.86. The highest BCUT2D eigenvalue weighted by atomic mass is 16.5. The minimum atomic E-state index is -0.137. The minimum absolute atomic E-state index is 0.137. The molecule has 0 radical (unpaired) electrons. The monoisotopic (exact) mass is 233 g/mol. The second kappa shape index (κ2) is 9.44. The largest absolute Gasteiger partial charge is 0.390 e. The summed E-state index contributed by atoms with van der Waals surface area (Å²) in [5.74, 6) is 6.03. The van der Waals surface area contributed by atoms with Gasteiger partial charge in [0.1, 0.15) is 5.69 Å². The Morgan fingerprint density at radius 1 is 1.59 bits per heavy atom. The molecule has 1 rings (SSSR count). The number of allylic oxidation sites excluding steroid dienone is 3. The third-order valence-electron chi connectivity index (χ3n) is 1.62. The van der Waals surface area contributed by atoms with Crippen LogP contribution in [0.25, 0.3) is 0 Å². The van der Waals surface area contributed by atoms with Gasteiger partial charge in [0.2, 0.25) is 5.76 Å². The number of aromatic nitrogens is 1. The Kier molecular flexibility index (Phi) is 8.44. The third kappa shape index (κ3) is 6.39. The van der Waals surface area contributed by atoms with Gasteiger partial charge in [-0.2, -0.15) is 0 Å². The van der Waals surface area contributed by atoms with Crippen LogP contribution in [0.2, 0.25) is 0 Å². The Hall–Kier alpha value is -1.79. The zero-order valence-corrected chi connectivity index (χ0v) is 10.7. The summed E-state index contributed by atoms with van der Waals surface area (Å²) in [6.07, 6.45) is 4.80. The normalized spacial score (nSPS) is 9.18. The molecule has 1 aromatic rings. The Bertz CT molecular complexity index is 419. The Labute approximate surface area is 103 Å². The third-order valence-corrected chi connectivity index (χ3v) is 1.62. The van der Waals surface area contributed by atoms with Gasteiger partial charge in [-0.15, -0.1) is 0 Å². The predicted octanol–water partition coefficient (Wildman–Crippen LogP) is 3.07. The van der Waals surface area contributed by atoms with E-state index in [1.54, 1.807) is 6.07 Å². The Morgan fingerprint density at radius 2 is 2.29 bits per heavy atom. The maximum absolute atomic E-state index is 8.75. The van der Waals surface area contributed by atoms with E-state index < -0.39 is 0 Å². The van der Waals surface area contributed by atoms with Crippen LogP contribution in [0.1, 0.15) is 38.6 Å². The molecule has 1 N–H and O–H groups in total. The van der Waals surface area contributed by atoms with E-state index in [0.717, 1.165) is 12.0 Å². The van der Waals surface area contributed by atoms with E-state index >= 15 is 0 Å². The molecule has 0 bridgehead atoms. The molecular weight excluding hydrogens is 214 g/mol. The average molecular weight is 233 g/mol. The lowest BCUT2D eigenvalue weighted by Gasteiger charge is -1.82. The molecule has 3 nitrogen and oxygen atoms in total. The summed E-state index contributed by atoms with van der Waals surface area (Å²) in [7, 11) is 0. The van der Waals surface area contributed by atoms with E-state index in [2.05, 4.69) is 23.6 Å². The Balaban J connectivity index is 0.00000121. The van der Waals surface area contributed by atoms with Crippen molar-refractivity contribution in [3.05, 3.63) is 41.8 Å². The molecule has 92 valence electrons. The zero-order valence-electron chi connectivity index (χ0n) is 10.7. The van der Waals surface area contributed by atoms with Crippen molar-refractivity contribution in [1.82, 2.24) is 5.16 Å². The fourth-order valence-corrected chi connectivity index (χ4v) is 0.889. The maximum Gasteiger partial charge on any atom is 0.210 e. The van der Waals surface area contributed by atoms with E-state index in [1.807, 2.05) is 32.9 Å². The zero-order chi connectivity index (χ0) is 13.1. The molecular formula is C14H19NO2. The van der Waals surface area contributed by atoms with Crippen LogP contribution in [0.3, 0.4) is 0 Å². The average Bonchev–Trinajstić information content (AvgIpc) is 2.84. The number of aliphatic hydroxyl groups excluding tert-OH is 1. The van der Waals surface area contributed by atoms with Crippen LogP contribution in [0.15, 0.2) is 34.9 Å².